The summed E-state index contributed by atoms with van der Waals surface area (Å²) >= 11 is 3.44. The number of piperazine rings is 1. The van der Waals surface area contributed by atoms with Crippen LogP contribution in [-0.2, 0) is 0 Å². The van der Waals surface area contributed by atoms with E-state index in [1.165, 1.54) is 31.2 Å². The van der Waals surface area contributed by atoms with Crippen molar-refractivity contribution in [3.8, 4) is 0 Å². The van der Waals surface area contributed by atoms with E-state index >= 15 is 0 Å². The van der Waals surface area contributed by atoms with Gasteiger partial charge in [0, 0.05) is 38.4 Å². The van der Waals surface area contributed by atoms with Crippen molar-refractivity contribution in [1.29, 1.82) is 0 Å². The molecular weight excluding hydrogens is 373 g/mol. The second-order valence-corrected chi connectivity index (χ2v) is 6.50. The van der Waals surface area contributed by atoms with Crippen LogP contribution < -0.4 is 5.32 Å². The van der Waals surface area contributed by atoms with Crippen LogP contribution in [0.3, 0.4) is 0 Å². The summed E-state index contributed by atoms with van der Waals surface area (Å²) < 4.78 is 0.932. The number of aromatic nitrogens is 1. The fourth-order valence-electron chi connectivity index (χ4n) is 3.58. The zero-order chi connectivity index (χ0) is 13.1. The van der Waals surface area contributed by atoms with Crippen molar-refractivity contribution in [2.45, 2.75) is 31.7 Å². The molecule has 1 aromatic heterocycles. The maximum Gasteiger partial charge on any atom is 0.106 e. The van der Waals surface area contributed by atoms with Crippen molar-refractivity contribution in [1.82, 2.24) is 15.2 Å². The van der Waals surface area contributed by atoms with Gasteiger partial charge in [0.05, 0.1) is 0 Å². The summed E-state index contributed by atoms with van der Waals surface area (Å²) in [5.41, 5.74) is 1.40. The van der Waals surface area contributed by atoms with Gasteiger partial charge in [0.25, 0.3) is 0 Å². The monoisotopic (exact) mass is 395 g/mol. The van der Waals surface area contributed by atoms with Gasteiger partial charge in [-0.3, -0.25) is 4.90 Å². The Balaban J connectivity index is 0.00000110. The van der Waals surface area contributed by atoms with Gasteiger partial charge in [-0.1, -0.05) is 18.9 Å². The molecular formula is C15H24BrCl2N3. The van der Waals surface area contributed by atoms with Gasteiger partial charge in [-0.05, 0) is 46.3 Å². The first-order valence-corrected chi connectivity index (χ1v) is 8.20. The molecule has 0 bridgehead atoms. The Bertz CT molecular complexity index is 404. The molecule has 21 heavy (non-hydrogen) atoms. The second-order valence-electron chi connectivity index (χ2n) is 5.69. The zero-order valence-corrected chi connectivity index (χ0v) is 15.4. The van der Waals surface area contributed by atoms with E-state index in [9.17, 15) is 0 Å². The Morgan fingerprint density at radius 1 is 1.14 bits per heavy atom. The summed E-state index contributed by atoms with van der Waals surface area (Å²) in [7, 11) is 0. The number of hydrogen-bond donors (Lipinski definition) is 1. The summed E-state index contributed by atoms with van der Waals surface area (Å²) in [6.07, 6.45) is 7.62. The molecule has 1 atom stereocenters. The molecule has 1 aliphatic carbocycles. The molecule has 2 aliphatic rings. The van der Waals surface area contributed by atoms with Crippen LogP contribution in [0.2, 0.25) is 0 Å². The second kappa shape index (κ2) is 9.31. The summed E-state index contributed by atoms with van der Waals surface area (Å²) in [6.45, 7) is 4.56. The van der Waals surface area contributed by atoms with E-state index in [2.05, 4.69) is 49.5 Å². The maximum atomic E-state index is 4.44. The molecule has 1 aliphatic heterocycles. The minimum atomic E-state index is 0. The number of halogens is 3. The molecule has 6 heteroatoms. The third-order valence-electron chi connectivity index (χ3n) is 4.48. The van der Waals surface area contributed by atoms with E-state index < -0.39 is 0 Å². The van der Waals surface area contributed by atoms with Crippen LogP contribution in [0.25, 0.3) is 0 Å². The lowest BCUT2D eigenvalue weighted by atomic mass is 9.90. The van der Waals surface area contributed by atoms with E-state index in [1.54, 1.807) is 0 Å². The Kier molecular flexibility index (Phi) is 8.50. The molecule has 0 aromatic carbocycles. The smallest absolute Gasteiger partial charge is 0.106 e. The molecule has 1 aromatic rings. The SMILES string of the molecule is Brc1ccc([C@@H](C2CCCC2)N2CCNCC2)cn1.Cl.Cl. The molecule has 120 valence electrons. The topological polar surface area (TPSA) is 28.2 Å². The van der Waals surface area contributed by atoms with Crippen molar-refractivity contribution in [3.63, 3.8) is 0 Å². The molecule has 2 fully saturated rings. The number of hydrogen-bond acceptors (Lipinski definition) is 3. The normalized spacial score (nSPS) is 21.4. The Morgan fingerprint density at radius 3 is 2.38 bits per heavy atom. The Morgan fingerprint density at radius 2 is 1.81 bits per heavy atom. The summed E-state index contributed by atoms with van der Waals surface area (Å²) in [4.78, 5) is 7.10. The molecule has 0 radical (unpaired) electrons. The largest absolute Gasteiger partial charge is 0.314 e. The van der Waals surface area contributed by atoms with Crippen molar-refractivity contribution in [3.05, 3.63) is 28.5 Å². The van der Waals surface area contributed by atoms with E-state index in [-0.39, 0.29) is 24.8 Å². The first kappa shape index (κ1) is 19.2. The average molecular weight is 397 g/mol. The number of rotatable bonds is 3. The lowest BCUT2D eigenvalue weighted by molar-refractivity contribution is 0.125. The van der Waals surface area contributed by atoms with Gasteiger partial charge >= 0.3 is 0 Å². The molecule has 1 saturated carbocycles. The highest BCUT2D eigenvalue weighted by Crippen LogP contribution is 2.39. The molecule has 1 saturated heterocycles. The Labute approximate surface area is 148 Å². The predicted octanol–water partition coefficient (Wildman–Crippen LogP) is 3.82. The molecule has 1 N–H and O–H groups in total. The van der Waals surface area contributed by atoms with Gasteiger partial charge < -0.3 is 5.32 Å². The van der Waals surface area contributed by atoms with Gasteiger partial charge in [0.15, 0.2) is 0 Å². The Hall–Kier alpha value is 0.130. The lowest BCUT2D eigenvalue weighted by Crippen LogP contribution is -2.46. The number of nitrogens with one attached hydrogen (secondary N) is 1. The van der Waals surface area contributed by atoms with Crippen molar-refractivity contribution < 1.29 is 0 Å². The quantitative estimate of drug-likeness (QED) is 0.787. The van der Waals surface area contributed by atoms with Gasteiger partial charge in [-0.25, -0.2) is 4.98 Å². The lowest BCUT2D eigenvalue weighted by Gasteiger charge is -2.38. The van der Waals surface area contributed by atoms with Crippen molar-refractivity contribution >= 4 is 40.7 Å². The fraction of sp³-hybridized carbons (Fsp3) is 0.667. The van der Waals surface area contributed by atoms with E-state index in [0.29, 0.717) is 6.04 Å². The predicted molar refractivity (Wildman–Crippen MR) is 95.6 cm³/mol. The minimum Gasteiger partial charge on any atom is -0.314 e. The van der Waals surface area contributed by atoms with Crippen LogP contribution >= 0.6 is 40.7 Å². The van der Waals surface area contributed by atoms with Gasteiger partial charge in [0.2, 0.25) is 0 Å². The highest BCUT2D eigenvalue weighted by molar-refractivity contribution is 9.10. The van der Waals surface area contributed by atoms with Crippen LogP contribution in [0.1, 0.15) is 37.3 Å². The van der Waals surface area contributed by atoms with Crippen molar-refractivity contribution in [2.75, 3.05) is 26.2 Å². The summed E-state index contributed by atoms with van der Waals surface area (Å²) in [5.74, 6) is 0.820. The standard InChI is InChI=1S/C15H22BrN3.2ClH/c16-14-6-5-13(11-18-14)15(12-3-1-2-4-12)19-9-7-17-8-10-19;;/h5-6,11-12,15,17H,1-4,7-10H2;2*1H/t15-;;/m1../s1. The highest BCUT2D eigenvalue weighted by atomic mass is 79.9. The highest BCUT2D eigenvalue weighted by Gasteiger charge is 2.31. The zero-order valence-electron chi connectivity index (χ0n) is 12.1. The summed E-state index contributed by atoms with van der Waals surface area (Å²) in [6, 6.07) is 4.91. The van der Waals surface area contributed by atoms with E-state index in [4.69, 9.17) is 0 Å². The number of pyridine rings is 1. The average Bonchev–Trinajstić information content (AvgIpc) is 2.96. The van der Waals surface area contributed by atoms with Gasteiger partial charge in [-0.2, -0.15) is 0 Å². The minimum absolute atomic E-state index is 0. The van der Waals surface area contributed by atoms with E-state index in [1.807, 2.05) is 0 Å². The van der Waals surface area contributed by atoms with Crippen LogP contribution in [0.5, 0.6) is 0 Å². The van der Waals surface area contributed by atoms with Crippen LogP contribution in [0.15, 0.2) is 22.9 Å². The molecule has 0 spiro atoms. The molecule has 3 nitrogen and oxygen atoms in total. The van der Waals surface area contributed by atoms with Gasteiger partial charge in [0.1, 0.15) is 4.60 Å². The van der Waals surface area contributed by atoms with Gasteiger partial charge in [-0.15, -0.1) is 24.8 Å². The third-order valence-corrected chi connectivity index (χ3v) is 4.95. The van der Waals surface area contributed by atoms with Crippen LogP contribution in [-0.4, -0.2) is 36.1 Å². The van der Waals surface area contributed by atoms with E-state index in [0.717, 1.165) is 36.7 Å². The molecule has 2 heterocycles. The van der Waals surface area contributed by atoms with Crippen LogP contribution in [0, 0.1) is 5.92 Å². The summed E-state index contributed by atoms with van der Waals surface area (Å²) in [5, 5.41) is 3.46. The molecule has 0 amide bonds. The maximum absolute atomic E-state index is 4.44. The fourth-order valence-corrected chi connectivity index (χ4v) is 3.81. The first-order valence-electron chi connectivity index (χ1n) is 7.41. The third kappa shape index (κ3) is 4.80. The number of nitrogens with zero attached hydrogens (tertiary/aromatic N) is 2. The van der Waals surface area contributed by atoms with Crippen molar-refractivity contribution in [2.24, 2.45) is 5.92 Å². The first-order chi connectivity index (χ1) is 9.34. The van der Waals surface area contributed by atoms with Crippen LogP contribution in [0.4, 0.5) is 0 Å². The molecule has 0 unspecified atom stereocenters. The molecule has 3 rings (SSSR count).